The largest absolute Gasteiger partial charge is 0.435 e. The molecule has 0 aliphatic rings. The highest BCUT2D eigenvalue weighted by Gasteiger charge is 2.19. The highest BCUT2D eigenvalue weighted by Crippen LogP contribution is 2.22. The van der Waals surface area contributed by atoms with Gasteiger partial charge in [0.15, 0.2) is 0 Å². The minimum atomic E-state index is -2.93. The number of hydrogen-bond donors (Lipinski definition) is 0. The Labute approximate surface area is 229 Å². The molecular formula is C32H24F4O4. The van der Waals surface area contributed by atoms with Crippen molar-refractivity contribution < 1.29 is 36.6 Å². The highest BCUT2D eigenvalue weighted by molar-refractivity contribution is 6.49. The van der Waals surface area contributed by atoms with Crippen molar-refractivity contribution in [2.75, 3.05) is 0 Å². The number of ether oxygens (including phenoxy) is 2. The number of halogens is 4. The van der Waals surface area contributed by atoms with Crippen molar-refractivity contribution in [2.45, 2.75) is 27.1 Å². The van der Waals surface area contributed by atoms with E-state index >= 15 is 0 Å². The molecule has 4 aromatic carbocycles. The van der Waals surface area contributed by atoms with Crippen LogP contribution in [0.25, 0.3) is 0 Å². The van der Waals surface area contributed by atoms with Crippen LogP contribution in [-0.2, 0) is 0 Å². The van der Waals surface area contributed by atoms with Gasteiger partial charge in [-0.25, -0.2) is 0 Å². The summed E-state index contributed by atoms with van der Waals surface area (Å²) in [4.78, 5) is 24.1. The summed E-state index contributed by atoms with van der Waals surface area (Å²) in [5.74, 6) is 4.83. The van der Waals surface area contributed by atoms with Crippen LogP contribution in [0.3, 0.4) is 0 Å². The van der Waals surface area contributed by atoms with E-state index in [2.05, 4.69) is 21.3 Å². The summed E-state index contributed by atoms with van der Waals surface area (Å²) in [7, 11) is 0. The van der Waals surface area contributed by atoms with Gasteiger partial charge in [0.25, 0.3) is 0 Å². The molecule has 0 unspecified atom stereocenters. The number of rotatable bonds is 7. The lowest BCUT2D eigenvalue weighted by Gasteiger charge is -2.09. The molecule has 0 spiro atoms. The van der Waals surface area contributed by atoms with Gasteiger partial charge in [0, 0.05) is 22.3 Å². The summed E-state index contributed by atoms with van der Waals surface area (Å²) in [6, 6.07) is 26.5. The smallest absolute Gasteiger partial charge is 0.387 e. The normalized spacial score (nSPS) is 10.2. The molecule has 0 heterocycles. The maximum Gasteiger partial charge on any atom is 0.387 e. The second-order valence-corrected chi connectivity index (χ2v) is 8.36. The van der Waals surface area contributed by atoms with Crippen LogP contribution in [0.15, 0.2) is 97.1 Å². The lowest BCUT2D eigenvalue weighted by molar-refractivity contribution is -0.0509. The van der Waals surface area contributed by atoms with Crippen LogP contribution < -0.4 is 9.47 Å². The summed E-state index contributed by atoms with van der Waals surface area (Å²) < 4.78 is 57.2. The standard InChI is InChI=1S/C16H12F2O3.C16H12F2O/c1-10-9-12(7-8-13(10)21-16(17)18)15(20)14(19)11-5-3-2-4-6-11;1-12-11-14(9-10-15(12)19-16(17)18)8-7-13-5-3-2-4-6-13/h2-9,16H,1H3;2-6,9-11,16H,1H3. The summed E-state index contributed by atoms with van der Waals surface area (Å²) in [5, 5.41) is 0. The average molecular weight is 549 g/mol. The van der Waals surface area contributed by atoms with Crippen LogP contribution in [0.1, 0.15) is 43.0 Å². The zero-order valence-electron chi connectivity index (χ0n) is 21.5. The lowest BCUT2D eigenvalue weighted by atomic mass is 10.00. The monoisotopic (exact) mass is 548 g/mol. The van der Waals surface area contributed by atoms with Crippen LogP contribution >= 0.6 is 0 Å². The molecule has 4 rings (SSSR count). The fourth-order valence-corrected chi connectivity index (χ4v) is 3.49. The fourth-order valence-electron chi connectivity index (χ4n) is 3.49. The topological polar surface area (TPSA) is 52.6 Å². The first-order valence-electron chi connectivity index (χ1n) is 12.0. The van der Waals surface area contributed by atoms with Crippen LogP contribution in [0, 0.1) is 25.7 Å². The molecule has 4 nitrogen and oxygen atoms in total. The third kappa shape index (κ3) is 8.84. The van der Waals surface area contributed by atoms with E-state index in [4.69, 9.17) is 0 Å². The predicted molar refractivity (Wildman–Crippen MR) is 143 cm³/mol. The average Bonchev–Trinajstić information content (AvgIpc) is 2.94. The van der Waals surface area contributed by atoms with Gasteiger partial charge in [-0.2, -0.15) is 17.6 Å². The Kier molecular flexibility index (Phi) is 10.6. The molecule has 0 aliphatic carbocycles. The van der Waals surface area contributed by atoms with Crippen molar-refractivity contribution in [1.29, 1.82) is 0 Å². The molecule has 0 aliphatic heterocycles. The van der Waals surface area contributed by atoms with E-state index < -0.39 is 24.8 Å². The maximum absolute atomic E-state index is 12.2. The number of aryl methyl sites for hydroxylation is 2. The minimum absolute atomic E-state index is 0.0197. The third-order valence-corrected chi connectivity index (χ3v) is 5.41. The first-order valence-corrected chi connectivity index (χ1v) is 12.0. The predicted octanol–water partition coefficient (Wildman–Crippen LogP) is 7.66. The van der Waals surface area contributed by atoms with Crippen LogP contribution in [0.2, 0.25) is 0 Å². The van der Waals surface area contributed by atoms with Crippen molar-refractivity contribution in [2.24, 2.45) is 0 Å². The number of alkyl halides is 4. The van der Waals surface area contributed by atoms with E-state index in [0.29, 0.717) is 11.1 Å². The molecule has 0 radical (unpaired) electrons. The summed E-state index contributed by atoms with van der Waals surface area (Å²) in [6.07, 6.45) is 0. The fraction of sp³-hybridized carbons (Fsp3) is 0.125. The second kappa shape index (κ2) is 14.3. The van der Waals surface area contributed by atoms with E-state index in [0.717, 1.165) is 11.1 Å². The number of ketones is 2. The lowest BCUT2D eigenvalue weighted by Crippen LogP contribution is -2.14. The molecule has 0 fully saturated rings. The van der Waals surface area contributed by atoms with Gasteiger partial charge in [-0.15, -0.1) is 0 Å². The summed E-state index contributed by atoms with van der Waals surface area (Å²) >= 11 is 0. The molecular weight excluding hydrogens is 524 g/mol. The van der Waals surface area contributed by atoms with Crippen LogP contribution in [0.5, 0.6) is 11.5 Å². The Morgan fingerprint density at radius 3 is 1.57 bits per heavy atom. The molecule has 0 saturated carbocycles. The molecule has 0 atom stereocenters. The van der Waals surface area contributed by atoms with Crippen LogP contribution in [0.4, 0.5) is 17.6 Å². The summed E-state index contributed by atoms with van der Waals surface area (Å²) in [6.45, 7) is -2.50. The van der Waals surface area contributed by atoms with E-state index in [1.165, 1.54) is 31.2 Å². The molecule has 0 bridgehead atoms. The van der Waals surface area contributed by atoms with Crippen molar-refractivity contribution in [3.8, 4) is 23.3 Å². The van der Waals surface area contributed by atoms with Gasteiger partial charge in [0.1, 0.15) is 11.5 Å². The Hall–Kier alpha value is -4.90. The first-order chi connectivity index (χ1) is 19.1. The SMILES string of the molecule is Cc1cc(C#Cc2ccccc2)ccc1OC(F)F.Cc1cc(C(=O)C(=O)c2ccccc2)ccc1OC(F)F. The molecule has 0 aromatic heterocycles. The number of carbonyl (C=O) groups is 2. The van der Waals surface area contributed by atoms with E-state index in [9.17, 15) is 27.2 Å². The maximum atomic E-state index is 12.2. The van der Waals surface area contributed by atoms with Gasteiger partial charge in [-0.3, -0.25) is 9.59 Å². The zero-order chi connectivity index (χ0) is 29.1. The molecule has 4 aromatic rings. The Bertz CT molecular complexity index is 1510. The minimum Gasteiger partial charge on any atom is -0.435 e. The van der Waals surface area contributed by atoms with Gasteiger partial charge in [-0.1, -0.05) is 60.4 Å². The number of carbonyl (C=O) groups excluding carboxylic acids is 2. The Morgan fingerprint density at radius 1 is 0.575 bits per heavy atom. The third-order valence-electron chi connectivity index (χ3n) is 5.41. The molecule has 8 heteroatoms. The highest BCUT2D eigenvalue weighted by atomic mass is 19.3. The van der Waals surface area contributed by atoms with Gasteiger partial charge in [0.05, 0.1) is 0 Å². The first kappa shape index (κ1) is 29.7. The number of benzene rings is 4. The van der Waals surface area contributed by atoms with Gasteiger partial charge in [-0.05, 0) is 73.5 Å². The van der Waals surface area contributed by atoms with Crippen molar-refractivity contribution in [3.63, 3.8) is 0 Å². The number of Topliss-reactive ketones (excluding diaryl/α,β-unsaturated/α-hetero) is 2. The van der Waals surface area contributed by atoms with Crippen molar-refractivity contribution in [1.82, 2.24) is 0 Å². The van der Waals surface area contributed by atoms with Crippen molar-refractivity contribution in [3.05, 3.63) is 130 Å². The zero-order valence-corrected chi connectivity index (χ0v) is 21.5. The van der Waals surface area contributed by atoms with Gasteiger partial charge >= 0.3 is 13.2 Å². The second-order valence-electron chi connectivity index (χ2n) is 8.36. The van der Waals surface area contributed by atoms with E-state index in [-0.39, 0.29) is 22.6 Å². The summed E-state index contributed by atoms with van der Waals surface area (Å²) in [5.41, 5.74) is 3.11. The van der Waals surface area contributed by atoms with E-state index in [1.54, 1.807) is 49.4 Å². The molecule has 204 valence electrons. The molecule has 0 saturated heterocycles. The van der Waals surface area contributed by atoms with Crippen LogP contribution in [-0.4, -0.2) is 24.8 Å². The molecule has 0 amide bonds. The van der Waals surface area contributed by atoms with E-state index in [1.807, 2.05) is 30.3 Å². The molecule has 0 N–H and O–H groups in total. The Morgan fingerprint density at radius 2 is 1.05 bits per heavy atom. The van der Waals surface area contributed by atoms with Crippen molar-refractivity contribution >= 4 is 11.6 Å². The van der Waals surface area contributed by atoms with Gasteiger partial charge in [0.2, 0.25) is 11.6 Å². The Balaban J connectivity index is 0.000000222. The quantitative estimate of drug-likeness (QED) is 0.103. The molecule has 40 heavy (non-hydrogen) atoms. The number of hydrogen-bond acceptors (Lipinski definition) is 4. The van der Waals surface area contributed by atoms with Gasteiger partial charge < -0.3 is 9.47 Å².